The van der Waals surface area contributed by atoms with E-state index in [1.165, 1.54) is 0 Å². The Morgan fingerprint density at radius 1 is 1.35 bits per heavy atom. The molecule has 20 heavy (non-hydrogen) atoms. The van der Waals surface area contributed by atoms with Crippen LogP contribution in [0.15, 0.2) is 28.7 Å². The van der Waals surface area contributed by atoms with Gasteiger partial charge in [0.05, 0.1) is 12.2 Å². The molecule has 1 aromatic heterocycles. The molecule has 2 rings (SSSR count). The summed E-state index contributed by atoms with van der Waals surface area (Å²) in [7, 11) is 0. The van der Waals surface area contributed by atoms with Gasteiger partial charge in [-0.3, -0.25) is 0 Å². The van der Waals surface area contributed by atoms with Crippen LogP contribution in [-0.4, -0.2) is 11.6 Å². The molecular formula is C15H17N3O2. The summed E-state index contributed by atoms with van der Waals surface area (Å²) in [6, 6.07) is 9.60. The molecule has 0 saturated carbocycles. The van der Waals surface area contributed by atoms with Crippen LogP contribution in [0.25, 0.3) is 0 Å². The van der Waals surface area contributed by atoms with Gasteiger partial charge in [0.15, 0.2) is 6.61 Å². The third-order valence-electron chi connectivity index (χ3n) is 2.88. The quantitative estimate of drug-likeness (QED) is 0.874. The van der Waals surface area contributed by atoms with Crippen molar-refractivity contribution in [2.75, 3.05) is 6.61 Å². The zero-order chi connectivity index (χ0) is 14.4. The number of hydrogen-bond donors (Lipinski definition) is 1. The molecule has 0 saturated heterocycles. The summed E-state index contributed by atoms with van der Waals surface area (Å²) in [4.78, 5) is 4.31. The molecule has 0 spiro atoms. The molecule has 2 aromatic rings. The van der Waals surface area contributed by atoms with Crippen molar-refractivity contribution in [3.05, 3.63) is 47.2 Å². The first-order valence-corrected chi connectivity index (χ1v) is 6.41. The van der Waals surface area contributed by atoms with E-state index in [-0.39, 0.29) is 6.61 Å². The van der Waals surface area contributed by atoms with Gasteiger partial charge in [0.25, 0.3) is 0 Å². The highest BCUT2D eigenvalue weighted by atomic mass is 16.5. The first kappa shape index (κ1) is 14.1. The lowest BCUT2D eigenvalue weighted by Crippen LogP contribution is -2.13. The molecule has 1 aromatic carbocycles. The van der Waals surface area contributed by atoms with Crippen LogP contribution in [0.1, 0.15) is 22.9 Å². The molecule has 0 fully saturated rings. The van der Waals surface area contributed by atoms with Crippen LogP contribution < -0.4 is 10.1 Å². The summed E-state index contributed by atoms with van der Waals surface area (Å²) in [5, 5.41) is 11.7. The molecule has 0 radical (unpaired) electrons. The number of rotatable bonds is 6. The van der Waals surface area contributed by atoms with Crippen LogP contribution in [0.4, 0.5) is 0 Å². The van der Waals surface area contributed by atoms with Gasteiger partial charge < -0.3 is 14.5 Å². The highest BCUT2D eigenvalue weighted by Crippen LogP contribution is 2.13. The van der Waals surface area contributed by atoms with E-state index < -0.39 is 0 Å². The van der Waals surface area contributed by atoms with Gasteiger partial charge in [-0.2, -0.15) is 5.26 Å². The van der Waals surface area contributed by atoms with E-state index in [9.17, 15) is 0 Å². The molecule has 0 aliphatic rings. The van der Waals surface area contributed by atoms with Crippen LogP contribution >= 0.6 is 0 Å². The van der Waals surface area contributed by atoms with E-state index >= 15 is 0 Å². The van der Waals surface area contributed by atoms with Crippen LogP contribution in [0.2, 0.25) is 0 Å². The smallest absolute Gasteiger partial charge is 0.208 e. The highest BCUT2D eigenvalue weighted by molar-refractivity contribution is 5.28. The van der Waals surface area contributed by atoms with Crippen molar-refractivity contribution in [3.63, 3.8) is 0 Å². The van der Waals surface area contributed by atoms with Crippen molar-refractivity contribution in [2.45, 2.75) is 26.9 Å². The van der Waals surface area contributed by atoms with Gasteiger partial charge in [0, 0.05) is 6.54 Å². The van der Waals surface area contributed by atoms with Gasteiger partial charge in [0.2, 0.25) is 5.89 Å². The minimum atomic E-state index is 0.0613. The third-order valence-corrected chi connectivity index (χ3v) is 2.88. The number of nitrogens with zero attached hydrogens (tertiary/aromatic N) is 2. The monoisotopic (exact) mass is 271 g/mol. The number of nitriles is 1. The third kappa shape index (κ3) is 3.84. The first-order valence-electron chi connectivity index (χ1n) is 6.41. The minimum absolute atomic E-state index is 0.0613. The fraction of sp³-hybridized carbons (Fsp3) is 0.333. The van der Waals surface area contributed by atoms with E-state index in [2.05, 4.69) is 10.3 Å². The van der Waals surface area contributed by atoms with E-state index in [1.54, 1.807) is 0 Å². The van der Waals surface area contributed by atoms with E-state index in [0.717, 1.165) is 17.0 Å². The molecule has 0 aliphatic carbocycles. The first-order chi connectivity index (χ1) is 9.69. The molecule has 5 heteroatoms. The number of aromatic nitrogens is 1. The number of nitrogens with one attached hydrogen (secondary N) is 1. The lowest BCUT2D eigenvalue weighted by molar-refractivity contribution is 0.367. The molecule has 0 atom stereocenters. The Labute approximate surface area is 118 Å². The second-order valence-corrected chi connectivity index (χ2v) is 4.45. The molecule has 1 N–H and O–H groups in total. The van der Waals surface area contributed by atoms with Crippen LogP contribution in [0, 0.1) is 25.2 Å². The predicted molar refractivity (Wildman–Crippen MR) is 74.1 cm³/mol. The molecular weight excluding hydrogens is 254 g/mol. The summed E-state index contributed by atoms with van der Waals surface area (Å²) < 4.78 is 10.8. The zero-order valence-corrected chi connectivity index (χ0v) is 11.6. The SMILES string of the molecule is Cc1nc(CNCc2cccc(OCC#N)c2)oc1C. The molecule has 0 amide bonds. The summed E-state index contributed by atoms with van der Waals surface area (Å²) >= 11 is 0. The lowest BCUT2D eigenvalue weighted by atomic mass is 10.2. The topological polar surface area (TPSA) is 71.1 Å². The lowest BCUT2D eigenvalue weighted by Gasteiger charge is -2.06. The summed E-state index contributed by atoms with van der Waals surface area (Å²) in [5.74, 6) is 2.25. The average Bonchev–Trinajstić information content (AvgIpc) is 2.76. The van der Waals surface area contributed by atoms with Crippen molar-refractivity contribution >= 4 is 0 Å². The van der Waals surface area contributed by atoms with Crippen LogP contribution in [-0.2, 0) is 13.1 Å². The maximum Gasteiger partial charge on any atom is 0.208 e. The molecule has 5 nitrogen and oxygen atoms in total. The zero-order valence-electron chi connectivity index (χ0n) is 11.6. The maximum absolute atomic E-state index is 8.48. The Morgan fingerprint density at radius 2 is 2.20 bits per heavy atom. The van der Waals surface area contributed by atoms with E-state index in [0.29, 0.717) is 24.7 Å². The van der Waals surface area contributed by atoms with E-state index in [1.807, 2.05) is 44.2 Å². The summed E-state index contributed by atoms with van der Waals surface area (Å²) in [5.41, 5.74) is 2.01. The standard InChI is InChI=1S/C15H17N3O2/c1-11-12(2)20-15(18-11)10-17-9-13-4-3-5-14(8-13)19-7-6-16/h3-5,8,17H,7,9-10H2,1-2H3. The fourth-order valence-corrected chi connectivity index (χ4v) is 1.79. The Kier molecular flexibility index (Phi) is 4.75. The summed E-state index contributed by atoms with van der Waals surface area (Å²) in [6.07, 6.45) is 0. The van der Waals surface area contributed by atoms with Crippen molar-refractivity contribution in [1.82, 2.24) is 10.3 Å². The molecule has 104 valence electrons. The number of oxazole rings is 1. The van der Waals surface area contributed by atoms with Crippen molar-refractivity contribution in [2.24, 2.45) is 0 Å². The van der Waals surface area contributed by atoms with Crippen molar-refractivity contribution in [3.8, 4) is 11.8 Å². The van der Waals surface area contributed by atoms with Crippen molar-refractivity contribution in [1.29, 1.82) is 5.26 Å². The van der Waals surface area contributed by atoms with Crippen LogP contribution in [0.3, 0.4) is 0 Å². The largest absolute Gasteiger partial charge is 0.479 e. The van der Waals surface area contributed by atoms with Gasteiger partial charge >= 0.3 is 0 Å². The highest BCUT2D eigenvalue weighted by Gasteiger charge is 2.04. The molecule has 0 bridgehead atoms. The average molecular weight is 271 g/mol. The normalized spacial score (nSPS) is 10.2. The Hall–Kier alpha value is -2.32. The Balaban J connectivity index is 1.86. The number of ether oxygens (including phenoxy) is 1. The number of benzene rings is 1. The predicted octanol–water partition coefficient (Wildman–Crippen LogP) is 2.48. The second kappa shape index (κ2) is 6.73. The molecule has 1 heterocycles. The molecule has 0 aliphatic heterocycles. The molecule has 0 unspecified atom stereocenters. The van der Waals surface area contributed by atoms with Crippen LogP contribution in [0.5, 0.6) is 5.75 Å². The fourth-order valence-electron chi connectivity index (χ4n) is 1.79. The second-order valence-electron chi connectivity index (χ2n) is 4.45. The maximum atomic E-state index is 8.48. The van der Waals surface area contributed by atoms with Gasteiger partial charge in [-0.05, 0) is 31.5 Å². The Bertz CT molecular complexity index is 594. The van der Waals surface area contributed by atoms with Gasteiger partial charge in [-0.15, -0.1) is 0 Å². The minimum Gasteiger partial charge on any atom is -0.479 e. The van der Waals surface area contributed by atoms with Gasteiger partial charge in [-0.25, -0.2) is 4.98 Å². The van der Waals surface area contributed by atoms with Gasteiger partial charge in [-0.1, -0.05) is 12.1 Å². The van der Waals surface area contributed by atoms with Crippen molar-refractivity contribution < 1.29 is 9.15 Å². The Morgan fingerprint density at radius 3 is 2.90 bits per heavy atom. The number of hydrogen-bond acceptors (Lipinski definition) is 5. The number of aryl methyl sites for hydroxylation is 2. The van der Waals surface area contributed by atoms with E-state index in [4.69, 9.17) is 14.4 Å². The summed E-state index contributed by atoms with van der Waals surface area (Å²) in [6.45, 7) is 5.16. The van der Waals surface area contributed by atoms with Gasteiger partial charge in [0.1, 0.15) is 17.6 Å².